The number of aliphatic hydroxyl groups is 13. The van der Waals surface area contributed by atoms with Crippen molar-refractivity contribution in [3.63, 3.8) is 0 Å². The van der Waals surface area contributed by atoms with Crippen LogP contribution in [0.25, 0.3) is 0 Å². The first-order valence-corrected chi connectivity index (χ1v) is 30.3. The predicted octanol–water partition coefficient (Wildman–Crippen LogP) is -0.652. The van der Waals surface area contributed by atoms with Crippen LogP contribution >= 0.6 is 0 Å². The van der Waals surface area contributed by atoms with Crippen molar-refractivity contribution in [2.45, 2.75) is 280 Å². The molecule has 5 aliphatic carbocycles. The molecule has 82 heavy (non-hydrogen) atoms. The van der Waals surface area contributed by atoms with Gasteiger partial charge in [0.15, 0.2) is 31.5 Å². The number of carbonyl (C=O) groups is 1. The summed E-state index contributed by atoms with van der Waals surface area (Å²) in [5, 5.41) is 144. The quantitative estimate of drug-likeness (QED) is 0.0550. The average molecular weight is 1180 g/mol. The molecule has 24 heteroatoms. The summed E-state index contributed by atoms with van der Waals surface area (Å²) < 4.78 is 62.4. The van der Waals surface area contributed by atoms with Crippen LogP contribution in [0.5, 0.6) is 0 Å². The van der Waals surface area contributed by atoms with Gasteiger partial charge in [-0.15, -0.1) is 0 Å². The Kier molecular flexibility index (Phi) is 18.0. The molecule has 5 saturated carbocycles. The zero-order chi connectivity index (χ0) is 59.6. The second kappa shape index (κ2) is 23.2. The van der Waals surface area contributed by atoms with Gasteiger partial charge in [-0.1, -0.05) is 68.2 Å². The van der Waals surface area contributed by atoms with E-state index in [2.05, 4.69) is 55.4 Å². The second-order valence-electron chi connectivity index (χ2n) is 28.3. The normalized spacial score (nSPS) is 54.2. The highest BCUT2D eigenvalue weighted by Gasteiger charge is 2.84. The van der Waals surface area contributed by atoms with Crippen molar-refractivity contribution in [3.05, 3.63) is 0 Å². The van der Waals surface area contributed by atoms with E-state index < -0.39 is 183 Å². The Morgan fingerprint density at radius 2 is 1.18 bits per heavy atom. The molecule has 0 amide bonds. The van der Waals surface area contributed by atoms with Crippen LogP contribution in [0, 0.1) is 50.2 Å². The maximum absolute atomic E-state index is 13.5. The Labute approximate surface area is 479 Å². The molecule has 5 saturated heterocycles. The summed E-state index contributed by atoms with van der Waals surface area (Å²) in [7, 11) is 0. The summed E-state index contributed by atoms with van der Waals surface area (Å²) in [6.07, 6.45) is -25.3. The Balaban J connectivity index is 0.899. The third-order valence-electron chi connectivity index (χ3n) is 23.1. The van der Waals surface area contributed by atoms with Crippen molar-refractivity contribution in [1.29, 1.82) is 0 Å². The van der Waals surface area contributed by atoms with Crippen molar-refractivity contribution >= 4 is 5.97 Å². The highest BCUT2D eigenvalue weighted by atomic mass is 16.8. The number of hydrogen-bond acceptors (Lipinski definition) is 24. The zero-order valence-corrected chi connectivity index (χ0v) is 48.8. The van der Waals surface area contributed by atoms with E-state index in [4.69, 9.17) is 47.4 Å². The Morgan fingerprint density at radius 1 is 0.561 bits per heavy atom. The first-order chi connectivity index (χ1) is 38.5. The molecular formula is C58H96O24. The number of hydrogen-bond donors (Lipinski definition) is 13. The van der Waals surface area contributed by atoms with Gasteiger partial charge in [0.1, 0.15) is 91.6 Å². The molecule has 10 aliphatic rings. The monoisotopic (exact) mass is 1180 g/mol. The lowest BCUT2D eigenvalue weighted by molar-refractivity contribution is -0.392. The van der Waals surface area contributed by atoms with Gasteiger partial charge in [-0.3, -0.25) is 4.79 Å². The number of esters is 1. The fourth-order valence-corrected chi connectivity index (χ4v) is 18.6. The Morgan fingerprint density at radius 3 is 1.87 bits per heavy atom. The van der Waals surface area contributed by atoms with E-state index >= 15 is 0 Å². The van der Waals surface area contributed by atoms with Gasteiger partial charge in [-0.25, -0.2) is 0 Å². The molecule has 30 atom stereocenters. The number of carbonyl (C=O) groups excluding carboxylic acids is 1. The fraction of sp³-hybridized carbons (Fsp3) is 0.983. The van der Waals surface area contributed by atoms with Gasteiger partial charge >= 0.3 is 5.97 Å². The third kappa shape index (κ3) is 9.99. The lowest BCUT2D eigenvalue weighted by Crippen LogP contribution is -2.75. The summed E-state index contributed by atoms with van der Waals surface area (Å²) in [6, 6.07) is 0. The van der Waals surface area contributed by atoms with Crippen LogP contribution in [0.4, 0.5) is 0 Å². The highest BCUT2D eigenvalue weighted by Crippen LogP contribution is 2.81. The molecule has 0 aromatic carbocycles. The van der Waals surface area contributed by atoms with Gasteiger partial charge < -0.3 is 114 Å². The third-order valence-corrected chi connectivity index (χ3v) is 23.1. The number of ether oxygens (including phenoxy) is 10. The van der Waals surface area contributed by atoms with E-state index in [1.54, 1.807) is 0 Å². The van der Waals surface area contributed by atoms with Gasteiger partial charge in [0, 0.05) is 17.8 Å². The Hall–Kier alpha value is -1.41. The molecular weight excluding hydrogens is 1080 g/mol. The van der Waals surface area contributed by atoms with Crippen molar-refractivity contribution in [3.8, 4) is 0 Å². The van der Waals surface area contributed by atoms with Crippen molar-refractivity contribution in [2.24, 2.45) is 50.2 Å². The number of unbranched alkanes of at least 4 members (excludes halogenated alkanes) is 2. The smallest absolute Gasteiger partial charge is 0.306 e. The van der Waals surface area contributed by atoms with Gasteiger partial charge in [0.2, 0.25) is 0 Å². The molecule has 2 bridgehead atoms. The van der Waals surface area contributed by atoms with E-state index in [-0.39, 0.29) is 46.4 Å². The van der Waals surface area contributed by atoms with Crippen LogP contribution in [0.1, 0.15) is 139 Å². The zero-order valence-electron chi connectivity index (χ0n) is 48.8. The summed E-state index contributed by atoms with van der Waals surface area (Å²) in [6.45, 7) is 15.3. The van der Waals surface area contributed by atoms with Crippen LogP contribution in [0.2, 0.25) is 0 Å². The van der Waals surface area contributed by atoms with Crippen molar-refractivity contribution in [2.75, 3.05) is 26.4 Å². The summed E-state index contributed by atoms with van der Waals surface area (Å²) in [4.78, 5) is 13.5. The SMILES string of the molecule is CCCCCC(=O)O[C@H]1CC(C)(C)C[C@H]2[C@@]13[C@H](O)C[C@]1(C)[C@@]2(CC[C@@H]2[C@@]4(C)CC[C@H](O[C@@H]5OC[C@H](O[C@@H]6O[C@H](CO)[C@@H](O)[C@H](O)[C@H]6O[C@@H]6OC[C@@H](O)[C@H](O)[C@H]6O)[C@H](O)[C@H]5O[C@@H]5O[C@H](CO)[C@@H](O)[C@H](O)[C@H]5O)C(C)(C)[C@H]4CC[C@]21C)O[C@@H]3O. The van der Waals surface area contributed by atoms with E-state index in [0.29, 0.717) is 44.9 Å². The van der Waals surface area contributed by atoms with Crippen LogP contribution in [-0.2, 0) is 52.2 Å². The van der Waals surface area contributed by atoms with Gasteiger partial charge in [0.05, 0.1) is 49.7 Å². The molecule has 10 fully saturated rings. The van der Waals surface area contributed by atoms with Crippen LogP contribution in [0.3, 0.4) is 0 Å². The first-order valence-electron chi connectivity index (χ1n) is 30.3. The topological polar surface area (TPSA) is 372 Å². The lowest BCUT2D eigenvalue weighted by Gasteiger charge is -2.75. The molecule has 13 N–H and O–H groups in total. The molecule has 0 aromatic heterocycles. The number of fused-ring (bicyclic) bond motifs is 4. The summed E-state index contributed by atoms with van der Waals surface area (Å²) in [5.41, 5.74) is -4.12. The first kappa shape index (κ1) is 63.6. The van der Waals surface area contributed by atoms with Gasteiger partial charge in [-0.05, 0) is 97.7 Å². The van der Waals surface area contributed by atoms with E-state index in [9.17, 15) is 71.2 Å². The van der Waals surface area contributed by atoms with Crippen molar-refractivity contribution in [1.82, 2.24) is 0 Å². The molecule has 5 heterocycles. The average Bonchev–Trinajstić information content (AvgIpc) is 1.38. The van der Waals surface area contributed by atoms with Gasteiger partial charge in [-0.2, -0.15) is 0 Å². The molecule has 0 unspecified atom stereocenters. The van der Waals surface area contributed by atoms with E-state index in [0.717, 1.165) is 32.1 Å². The minimum Gasteiger partial charge on any atom is -0.461 e. The highest BCUT2D eigenvalue weighted by molar-refractivity contribution is 5.69. The predicted molar refractivity (Wildman–Crippen MR) is 281 cm³/mol. The standard InChI is InChI=1S/C58H96O24/c1-9-10-11-12-36(63)78-35-21-52(2,3)19-32-57-18-14-31-54(6)16-15-34(53(4,5)30(54)13-17-55(31,7)56(57,8)20-33(62)58(32,35)51(72)82-57)79-49-45(81-48-44(71)41(68)38(65)27(22-59)75-48)40(67)29(25-74-49)77-50-46(42(69)39(66)28(23-60)76-50)80-47-43(70)37(64)26(61)24-73-47/h26-35,37-51,59-62,64-72H,9-25H2,1-8H3/t26-,27-,28-,29+,30-,31-,32-,33-,34+,35+,37+,38-,39-,40+,41+,42+,43-,44-,45-,46-,47+,48+,49+,50+,51+,54+,55-,56+,57+,58-/m1/s1. The number of aliphatic hydroxyl groups excluding tert-OH is 13. The maximum atomic E-state index is 13.5. The van der Waals surface area contributed by atoms with Crippen LogP contribution < -0.4 is 0 Å². The summed E-state index contributed by atoms with van der Waals surface area (Å²) >= 11 is 0. The lowest BCUT2D eigenvalue weighted by atomic mass is 9.30. The minimum absolute atomic E-state index is 0.0503. The van der Waals surface area contributed by atoms with E-state index in [1.807, 2.05) is 0 Å². The van der Waals surface area contributed by atoms with E-state index in [1.165, 1.54) is 0 Å². The minimum atomic E-state index is -1.91. The molecule has 0 radical (unpaired) electrons. The van der Waals surface area contributed by atoms with Crippen LogP contribution in [-0.4, -0.2) is 240 Å². The second-order valence-corrected chi connectivity index (χ2v) is 28.3. The van der Waals surface area contributed by atoms with Gasteiger partial charge in [0.25, 0.3) is 0 Å². The molecule has 472 valence electrons. The number of rotatable bonds is 15. The molecule has 10 rings (SSSR count). The Bertz CT molecular complexity index is 2230. The molecule has 1 spiro atoms. The largest absolute Gasteiger partial charge is 0.461 e. The molecule has 5 aliphatic heterocycles. The molecule has 0 aromatic rings. The van der Waals surface area contributed by atoms with Crippen molar-refractivity contribution < 1.29 is 119 Å². The maximum Gasteiger partial charge on any atom is 0.306 e. The molecule has 24 nitrogen and oxygen atoms in total. The van der Waals surface area contributed by atoms with Crippen LogP contribution in [0.15, 0.2) is 0 Å². The fourth-order valence-electron chi connectivity index (χ4n) is 18.6. The summed E-state index contributed by atoms with van der Waals surface area (Å²) in [5.74, 6) is -0.405.